The average molecular weight is 532 g/mol. The van der Waals surface area contributed by atoms with Gasteiger partial charge in [-0.25, -0.2) is 14.1 Å². The molecule has 0 radical (unpaired) electrons. The van der Waals surface area contributed by atoms with Crippen molar-refractivity contribution in [1.82, 2.24) is 44.5 Å². The van der Waals surface area contributed by atoms with Crippen molar-refractivity contribution in [1.29, 1.82) is 0 Å². The molecule has 1 unspecified atom stereocenters. The molecule has 12 nitrogen and oxygen atoms in total. The van der Waals surface area contributed by atoms with Gasteiger partial charge in [-0.2, -0.15) is 4.98 Å². The van der Waals surface area contributed by atoms with Crippen LogP contribution in [-0.2, 0) is 13.0 Å². The topological polar surface area (TPSA) is 126 Å². The first-order valence-corrected chi connectivity index (χ1v) is 12.6. The molecule has 39 heavy (non-hydrogen) atoms. The summed E-state index contributed by atoms with van der Waals surface area (Å²) in [6.07, 6.45) is 10.4. The molecule has 1 N–H and O–H groups in total. The zero-order valence-corrected chi connectivity index (χ0v) is 21.4. The van der Waals surface area contributed by atoms with Gasteiger partial charge in [-0.3, -0.25) is 9.36 Å². The Kier molecular flexibility index (Phi) is 6.39. The van der Waals surface area contributed by atoms with Crippen molar-refractivity contribution < 1.29 is 18.7 Å². The van der Waals surface area contributed by atoms with Gasteiger partial charge in [-0.15, -0.1) is 5.10 Å². The molecule has 200 valence electrons. The number of aryl methyl sites for hydroxylation is 1. The Balaban J connectivity index is 1.21. The largest absolute Gasteiger partial charge is 0.494 e. The molecule has 0 fully saturated rings. The van der Waals surface area contributed by atoms with E-state index in [2.05, 4.69) is 45.0 Å². The zero-order chi connectivity index (χ0) is 26.9. The van der Waals surface area contributed by atoms with E-state index in [9.17, 15) is 4.79 Å². The van der Waals surface area contributed by atoms with E-state index >= 15 is 4.39 Å². The number of unbranched alkanes of at least 4 members (excludes halogenated alkanes) is 1. The molecule has 13 heteroatoms. The number of methoxy groups -OCH3 is 1. The summed E-state index contributed by atoms with van der Waals surface area (Å²) in [7, 11) is 1.37. The van der Waals surface area contributed by atoms with Crippen LogP contribution in [0.15, 0.2) is 49.2 Å². The van der Waals surface area contributed by atoms with Crippen LogP contribution < -0.4 is 14.8 Å². The highest BCUT2D eigenvalue weighted by Crippen LogP contribution is 2.31. The molecule has 1 aliphatic rings. The quantitative estimate of drug-likeness (QED) is 0.308. The predicted molar refractivity (Wildman–Crippen MR) is 136 cm³/mol. The van der Waals surface area contributed by atoms with Gasteiger partial charge in [-0.1, -0.05) is 19.4 Å². The Morgan fingerprint density at radius 2 is 2.10 bits per heavy atom. The fourth-order valence-electron chi connectivity index (χ4n) is 4.69. The number of nitrogens with zero attached hydrogens (tertiary/aromatic N) is 8. The van der Waals surface area contributed by atoms with Crippen molar-refractivity contribution >= 4 is 11.6 Å². The van der Waals surface area contributed by atoms with Gasteiger partial charge in [0.15, 0.2) is 11.6 Å². The highest BCUT2D eigenvalue weighted by molar-refractivity contribution is 5.92. The normalized spacial score (nSPS) is 14.4. The summed E-state index contributed by atoms with van der Waals surface area (Å²) in [5.74, 6) is -1.07. The third-order valence-electron chi connectivity index (χ3n) is 6.75. The molecule has 1 atom stereocenters. The minimum absolute atomic E-state index is 0.0400. The smallest absolute Gasteiger partial charge is 0.297 e. The molecule has 0 bridgehead atoms. The Labute approximate surface area is 222 Å². The number of halogens is 1. The second-order valence-electron chi connectivity index (χ2n) is 9.23. The zero-order valence-electron chi connectivity index (χ0n) is 21.4. The first kappa shape index (κ1) is 24.5. The van der Waals surface area contributed by atoms with Gasteiger partial charge in [0.05, 0.1) is 18.5 Å². The van der Waals surface area contributed by atoms with Crippen LogP contribution in [0.1, 0.15) is 53.1 Å². The number of carbonyl (C=O) groups excluding carboxylic acids is 1. The number of imidazole rings is 2. The number of amides is 1. The maximum atomic E-state index is 15.1. The van der Waals surface area contributed by atoms with Crippen molar-refractivity contribution in [2.75, 3.05) is 13.7 Å². The summed E-state index contributed by atoms with van der Waals surface area (Å²) >= 11 is 0. The lowest BCUT2D eigenvalue weighted by Crippen LogP contribution is -2.25. The summed E-state index contributed by atoms with van der Waals surface area (Å²) in [5.41, 5.74) is 3.60. The predicted octanol–water partition coefficient (Wildman–Crippen LogP) is 2.91. The van der Waals surface area contributed by atoms with Crippen LogP contribution in [0.5, 0.6) is 11.8 Å². The van der Waals surface area contributed by atoms with E-state index < -0.39 is 11.7 Å². The van der Waals surface area contributed by atoms with Crippen LogP contribution in [0.25, 0.3) is 11.3 Å². The van der Waals surface area contributed by atoms with Crippen LogP contribution in [0.2, 0.25) is 0 Å². The third kappa shape index (κ3) is 4.56. The highest BCUT2D eigenvalue weighted by Gasteiger charge is 2.30. The van der Waals surface area contributed by atoms with E-state index in [0.717, 1.165) is 30.6 Å². The van der Waals surface area contributed by atoms with E-state index in [4.69, 9.17) is 14.5 Å². The minimum atomic E-state index is -0.619. The first-order chi connectivity index (χ1) is 19.1. The molecule has 5 heterocycles. The van der Waals surface area contributed by atoms with Gasteiger partial charge in [-0.05, 0) is 47.0 Å². The van der Waals surface area contributed by atoms with Crippen molar-refractivity contribution in [2.45, 2.75) is 38.8 Å². The van der Waals surface area contributed by atoms with E-state index in [1.165, 1.54) is 29.7 Å². The highest BCUT2D eigenvalue weighted by atomic mass is 19.1. The van der Waals surface area contributed by atoms with Gasteiger partial charge < -0.3 is 19.2 Å². The minimum Gasteiger partial charge on any atom is -0.494 e. The van der Waals surface area contributed by atoms with Crippen LogP contribution in [0.3, 0.4) is 0 Å². The molecule has 4 aromatic heterocycles. The summed E-state index contributed by atoms with van der Waals surface area (Å²) < 4.78 is 31.1. The molecule has 1 aromatic carbocycles. The fraction of sp³-hybridized carbons (Fsp3) is 0.308. The number of hydrogen-bond acceptors (Lipinski definition) is 8. The number of rotatable bonds is 9. The van der Waals surface area contributed by atoms with E-state index in [1.54, 1.807) is 16.8 Å². The number of carbonyl (C=O) groups is 1. The fourth-order valence-corrected chi connectivity index (χ4v) is 4.69. The summed E-state index contributed by atoms with van der Waals surface area (Å²) in [4.78, 5) is 22.1. The Morgan fingerprint density at radius 1 is 1.21 bits per heavy atom. The van der Waals surface area contributed by atoms with Gasteiger partial charge in [0.2, 0.25) is 0 Å². The summed E-state index contributed by atoms with van der Waals surface area (Å²) in [6.45, 7) is 2.40. The standard InChI is InChI=1S/C26H26FN9O3/c1-3-4-5-16-6-9-23-30-18(12-34(23)11-16)21-14-39-26-31-19(13-35(21)26)25(37)28-10-17-20(36-15-29-32-33-36)7-8-22(38-2)24(17)27/h6-9,11-13,15,21H,3-5,10,14H2,1-2H3,(H,28,37). The average Bonchev–Trinajstić information content (AvgIpc) is 3.74. The Morgan fingerprint density at radius 3 is 2.90 bits per heavy atom. The molecule has 1 aliphatic heterocycles. The number of tetrazole rings is 1. The Bertz CT molecular complexity index is 1640. The van der Waals surface area contributed by atoms with Gasteiger partial charge in [0.25, 0.3) is 11.9 Å². The number of aromatic nitrogens is 8. The Hall–Kier alpha value is -4.81. The molecular weight excluding hydrogens is 505 g/mol. The second kappa shape index (κ2) is 10.2. The molecule has 0 saturated carbocycles. The second-order valence-corrected chi connectivity index (χ2v) is 9.23. The van der Waals surface area contributed by atoms with Crippen LogP contribution >= 0.6 is 0 Å². The number of benzene rings is 1. The monoisotopic (exact) mass is 531 g/mol. The van der Waals surface area contributed by atoms with E-state index in [1.807, 2.05) is 16.7 Å². The molecule has 0 aliphatic carbocycles. The maximum absolute atomic E-state index is 15.1. The molecular formula is C26H26FN9O3. The molecule has 0 saturated heterocycles. The lowest BCUT2D eigenvalue weighted by atomic mass is 10.1. The van der Waals surface area contributed by atoms with E-state index in [0.29, 0.717) is 18.3 Å². The molecule has 6 rings (SSSR count). The van der Waals surface area contributed by atoms with Crippen molar-refractivity contribution in [3.05, 3.63) is 77.5 Å². The first-order valence-electron chi connectivity index (χ1n) is 12.6. The SMILES string of the molecule is CCCCc1ccc2nc(C3COc4nc(C(=O)NCc5c(-n6cnnn6)ccc(OC)c5F)cn43)cn2c1. The summed E-state index contributed by atoms with van der Waals surface area (Å²) in [6, 6.07) is 7.31. The number of fused-ring (bicyclic) bond motifs is 2. The molecule has 1 amide bonds. The lowest BCUT2D eigenvalue weighted by Gasteiger charge is -2.13. The van der Waals surface area contributed by atoms with Gasteiger partial charge >= 0.3 is 0 Å². The van der Waals surface area contributed by atoms with Gasteiger partial charge in [0.1, 0.15) is 30.3 Å². The number of ether oxygens (including phenoxy) is 2. The third-order valence-corrected chi connectivity index (χ3v) is 6.75. The number of pyridine rings is 1. The summed E-state index contributed by atoms with van der Waals surface area (Å²) in [5, 5.41) is 13.8. The molecule has 0 spiro atoms. The number of hydrogen-bond donors (Lipinski definition) is 1. The van der Waals surface area contributed by atoms with E-state index in [-0.39, 0.29) is 29.6 Å². The van der Waals surface area contributed by atoms with Crippen molar-refractivity contribution in [3.8, 4) is 17.4 Å². The van der Waals surface area contributed by atoms with Crippen LogP contribution in [0.4, 0.5) is 4.39 Å². The number of nitrogens with one attached hydrogen (secondary N) is 1. The van der Waals surface area contributed by atoms with Crippen molar-refractivity contribution in [3.63, 3.8) is 0 Å². The lowest BCUT2D eigenvalue weighted by molar-refractivity contribution is 0.0945. The maximum Gasteiger partial charge on any atom is 0.297 e. The molecule has 5 aromatic rings. The van der Waals surface area contributed by atoms with Crippen molar-refractivity contribution in [2.24, 2.45) is 0 Å². The van der Waals surface area contributed by atoms with Crippen LogP contribution in [-0.4, -0.2) is 58.8 Å². The van der Waals surface area contributed by atoms with Crippen LogP contribution in [0, 0.1) is 5.82 Å². The van der Waals surface area contributed by atoms with Gasteiger partial charge in [0, 0.05) is 30.7 Å².